The summed E-state index contributed by atoms with van der Waals surface area (Å²) in [6, 6.07) is 11.2. The van der Waals surface area contributed by atoms with Gasteiger partial charge in [0.2, 0.25) is 0 Å². The van der Waals surface area contributed by atoms with Gasteiger partial charge in [-0.15, -0.1) is 0 Å². The second kappa shape index (κ2) is 5.84. The van der Waals surface area contributed by atoms with Gasteiger partial charge < -0.3 is 10.1 Å². The van der Waals surface area contributed by atoms with E-state index in [-0.39, 0.29) is 5.56 Å². The van der Waals surface area contributed by atoms with E-state index in [1.54, 1.807) is 30.3 Å². The molecule has 0 spiro atoms. The molecular formula is C14H11BrFNO2. The molecule has 0 atom stereocenters. The van der Waals surface area contributed by atoms with Crippen LogP contribution >= 0.6 is 15.9 Å². The number of hydrogen-bond acceptors (Lipinski definition) is 2. The molecule has 2 aromatic rings. The molecule has 0 aliphatic carbocycles. The Labute approximate surface area is 118 Å². The highest BCUT2D eigenvalue weighted by Gasteiger charge is 2.13. The van der Waals surface area contributed by atoms with Gasteiger partial charge in [0.1, 0.15) is 11.6 Å². The van der Waals surface area contributed by atoms with Crippen molar-refractivity contribution in [2.45, 2.75) is 0 Å². The van der Waals surface area contributed by atoms with Crippen molar-refractivity contribution in [3.63, 3.8) is 0 Å². The summed E-state index contributed by atoms with van der Waals surface area (Å²) in [6.45, 7) is 0. The summed E-state index contributed by atoms with van der Waals surface area (Å²) in [5.41, 5.74) is 0.478. The van der Waals surface area contributed by atoms with E-state index >= 15 is 0 Å². The fourth-order valence-corrected chi connectivity index (χ4v) is 1.94. The maximum atomic E-state index is 13.7. The Balaban J connectivity index is 2.26. The Kier molecular flexibility index (Phi) is 4.16. The second-order valence-corrected chi connectivity index (χ2v) is 4.69. The lowest BCUT2D eigenvalue weighted by Gasteiger charge is -2.10. The fraction of sp³-hybridized carbons (Fsp3) is 0.0714. The van der Waals surface area contributed by atoms with Gasteiger partial charge >= 0.3 is 0 Å². The number of amides is 1. The molecule has 0 aliphatic heterocycles. The van der Waals surface area contributed by atoms with Crippen molar-refractivity contribution in [1.82, 2.24) is 0 Å². The van der Waals surface area contributed by atoms with E-state index in [9.17, 15) is 9.18 Å². The molecule has 0 unspecified atom stereocenters. The van der Waals surface area contributed by atoms with Crippen molar-refractivity contribution in [3.8, 4) is 5.75 Å². The molecular weight excluding hydrogens is 313 g/mol. The number of halogens is 2. The predicted octanol–water partition coefficient (Wildman–Crippen LogP) is 3.85. The summed E-state index contributed by atoms with van der Waals surface area (Å²) < 4.78 is 19.4. The van der Waals surface area contributed by atoms with Gasteiger partial charge in [-0.05, 0) is 30.3 Å². The molecule has 0 saturated heterocycles. The lowest BCUT2D eigenvalue weighted by molar-refractivity contribution is 0.102. The van der Waals surface area contributed by atoms with Crippen molar-refractivity contribution in [2.75, 3.05) is 12.4 Å². The Hall–Kier alpha value is -1.88. The Morgan fingerprint density at radius 1 is 1.26 bits per heavy atom. The highest BCUT2D eigenvalue weighted by Crippen LogP contribution is 2.24. The molecule has 2 rings (SSSR count). The summed E-state index contributed by atoms with van der Waals surface area (Å²) >= 11 is 3.14. The van der Waals surface area contributed by atoms with E-state index in [4.69, 9.17) is 4.74 Å². The molecule has 0 aromatic heterocycles. The number of carbonyl (C=O) groups excluding carboxylic acids is 1. The van der Waals surface area contributed by atoms with Crippen molar-refractivity contribution < 1.29 is 13.9 Å². The molecule has 5 heteroatoms. The number of ether oxygens (including phenoxy) is 1. The van der Waals surface area contributed by atoms with Crippen LogP contribution in [-0.2, 0) is 0 Å². The topological polar surface area (TPSA) is 38.3 Å². The van der Waals surface area contributed by atoms with E-state index in [0.29, 0.717) is 15.9 Å². The maximum Gasteiger partial charge on any atom is 0.258 e. The summed E-state index contributed by atoms with van der Waals surface area (Å²) in [5.74, 6) is -0.579. The molecule has 2 aromatic carbocycles. The van der Waals surface area contributed by atoms with Crippen molar-refractivity contribution in [2.24, 2.45) is 0 Å². The van der Waals surface area contributed by atoms with E-state index in [0.717, 1.165) is 0 Å². The summed E-state index contributed by atoms with van der Waals surface area (Å²) in [6.07, 6.45) is 0. The highest BCUT2D eigenvalue weighted by molar-refractivity contribution is 9.10. The Morgan fingerprint density at radius 2 is 2.00 bits per heavy atom. The Bertz CT molecular complexity index is 616. The fourth-order valence-electron chi connectivity index (χ4n) is 1.61. The number of hydrogen-bond donors (Lipinski definition) is 1. The van der Waals surface area contributed by atoms with Gasteiger partial charge in [-0.2, -0.15) is 0 Å². The zero-order valence-corrected chi connectivity index (χ0v) is 11.7. The predicted molar refractivity (Wildman–Crippen MR) is 75.0 cm³/mol. The number of para-hydroxylation sites is 2. The van der Waals surface area contributed by atoms with Crippen LogP contribution in [0.15, 0.2) is 46.9 Å². The number of carbonyl (C=O) groups is 1. The molecule has 0 aliphatic rings. The van der Waals surface area contributed by atoms with Gasteiger partial charge in [0.15, 0.2) is 0 Å². The molecule has 0 saturated carbocycles. The van der Waals surface area contributed by atoms with Gasteiger partial charge in [0, 0.05) is 4.47 Å². The third kappa shape index (κ3) is 3.12. The van der Waals surface area contributed by atoms with Crippen LogP contribution in [0.1, 0.15) is 10.4 Å². The first kappa shape index (κ1) is 13.5. The van der Waals surface area contributed by atoms with Gasteiger partial charge in [0.25, 0.3) is 5.91 Å². The number of methoxy groups -OCH3 is 1. The molecule has 1 amide bonds. The van der Waals surface area contributed by atoms with Gasteiger partial charge in [-0.1, -0.05) is 28.1 Å². The average molecular weight is 324 g/mol. The van der Waals surface area contributed by atoms with Gasteiger partial charge in [-0.25, -0.2) is 4.39 Å². The number of benzene rings is 2. The first-order chi connectivity index (χ1) is 9.11. The van der Waals surface area contributed by atoms with Crippen LogP contribution in [-0.4, -0.2) is 13.0 Å². The molecule has 0 fully saturated rings. The monoisotopic (exact) mass is 323 g/mol. The molecule has 1 N–H and O–H groups in total. The van der Waals surface area contributed by atoms with Crippen LogP contribution in [0.25, 0.3) is 0 Å². The highest BCUT2D eigenvalue weighted by atomic mass is 79.9. The average Bonchev–Trinajstić information content (AvgIpc) is 2.39. The second-order valence-electron chi connectivity index (χ2n) is 3.78. The lowest BCUT2D eigenvalue weighted by Crippen LogP contribution is -2.14. The van der Waals surface area contributed by atoms with Gasteiger partial charge in [-0.3, -0.25) is 4.79 Å². The van der Waals surface area contributed by atoms with Crippen molar-refractivity contribution in [1.29, 1.82) is 0 Å². The minimum absolute atomic E-state index is 0.0193. The van der Waals surface area contributed by atoms with Gasteiger partial charge in [0.05, 0.1) is 18.4 Å². The van der Waals surface area contributed by atoms with E-state index in [2.05, 4.69) is 21.2 Å². The first-order valence-electron chi connectivity index (χ1n) is 5.51. The molecule has 0 bridgehead atoms. The zero-order valence-electron chi connectivity index (χ0n) is 10.1. The van der Waals surface area contributed by atoms with Crippen molar-refractivity contribution >= 4 is 27.5 Å². The summed E-state index contributed by atoms with van der Waals surface area (Å²) in [7, 11) is 1.51. The molecule has 98 valence electrons. The third-order valence-corrected chi connectivity index (χ3v) is 3.02. The standard InChI is InChI=1S/C14H11BrFNO2/c1-19-13-5-3-2-4-12(13)17-14(18)10-7-6-9(15)8-11(10)16/h2-8H,1H3,(H,17,18). The smallest absolute Gasteiger partial charge is 0.258 e. The van der Waals surface area contributed by atoms with E-state index in [1.807, 2.05) is 0 Å². The van der Waals surface area contributed by atoms with Crippen LogP contribution in [0.4, 0.5) is 10.1 Å². The van der Waals surface area contributed by atoms with Crippen LogP contribution in [0.2, 0.25) is 0 Å². The Morgan fingerprint density at radius 3 is 2.68 bits per heavy atom. The SMILES string of the molecule is COc1ccccc1NC(=O)c1ccc(Br)cc1F. The van der Waals surface area contributed by atoms with Crippen LogP contribution in [0, 0.1) is 5.82 Å². The van der Waals surface area contributed by atoms with Crippen LogP contribution < -0.4 is 10.1 Å². The van der Waals surface area contributed by atoms with E-state index < -0.39 is 11.7 Å². The summed E-state index contributed by atoms with van der Waals surface area (Å²) in [4.78, 5) is 12.0. The molecule has 0 heterocycles. The van der Waals surface area contributed by atoms with Crippen LogP contribution in [0.3, 0.4) is 0 Å². The number of anilines is 1. The first-order valence-corrected chi connectivity index (χ1v) is 6.30. The maximum absolute atomic E-state index is 13.7. The molecule has 0 radical (unpaired) electrons. The number of nitrogens with one attached hydrogen (secondary N) is 1. The molecule has 3 nitrogen and oxygen atoms in total. The normalized spacial score (nSPS) is 10.1. The minimum Gasteiger partial charge on any atom is -0.495 e. The zero-order chi connectivity index (χ0) is 13.8. The number of rotatable bonds is 3. The third-order valence-electron chi connectivity index (χ3n) is 2.53. The van der Waals surface area contributed by atoms with Crippen molar-refractivity contribution in [3.05, 3.63) is 58.3 Å². The largest absolute Gasteiger partial charge is 0.495 e. The minimum atomic E-state index is -0.582. The quantitative estimate of drug-likeness (QED) is 0.931. The lowest BCUT2D eigenvalue weighted by atomic mass is 10.2. The van der Waals surface area contributed by atoms with E-state index in [1.165, 1.54) is 19.2 Å². The van der Waals surface area contributed by atoms with Crippen LogP contribution in [0.5, 0.6) is 5.75 Å². The molecule has 19 heavy (non-hydrogen) atoms. The summed E-state index contributed by atoms with van der Waals surface area (Å²) in [5, 5.41) is 2.62.